The van der Waals surface area contributed by atoms with Crippen LogP contribution in [0.5, 0.6) is 5.75 Å². The standard InChI is InChI=1S/C16H23N3OSi/c1-12-11-19(18-13(12)2)14(3)17-15-9-7-8-10-16(15)20-21(4,5)6/h7-11H,1-6H3. The Morgan fingerprint density at radius 2 is 1.86 bits per heavy atom. The second-order valence-corrected chi connectivity index (χ2v) is 10.6. The monoisotopic (exact) mass is 301 g/mol. The molecule has 0 atom stereocenters. The molecule has 1 aromatic heterocycles. The van der Waals surface area contributed by atoms with E-state index in [1.54, 1.807) is 0 Å². The zero-order valence-electron chi connectivity index (χ0n) is 13.6. The molecule has 1 aromatic carbocycles. The third-order valence-electron chi connectivity index (χ3n) is 3.04. The van der Waals surface area contributed by atoms with E-state index < -0.39 is 8.32 Å². The van der Waals surface area contributed by atoms with Crippen LogP contribution in [0.2, 0.25) is 19.6 Å². The number of benzene rings is 1. The van der Waals surface area contributed by atoms with Crippen molar-refractivity contribution in [1.82, 2.24) is 9.78 Å². The molecule has 112 valence electrons. The number of hydrogen-bond acceptors (Lipinski definition) is 3. The highest BCUT2D eigenvalue weighted by molar-refractivity contribution is 6.70. The summed E-state index contributed by atoms with van der Waals surface area (Å²) in [6, 6.07) is 7.90. The van der Waals surface area contributed by atoms with Gasteiger partial charge in [0.2, 0.25) is 8.32 Å². The van der Waals surface area contributed by atoms with E-state index in [0.717, 1.165) is 28.5 Å². The molecule has 1 heterocycles. The molecule has 0 saturated carbocycles. The van der Waals surface area contributed by atoms with Crippen LogP contribution >= 0.6 is 0 Å². The summed E-state index contributed by atoms with van der Waals surface area (Å²) in [7, 11) is -1.66. The van der Waals surface area contributed by atoms with E-state index >= 15 is 0 Å². The van der Waals surface area contributed by atoms with E-state index in [1.807, 2.05) is 55.9 Å². The van der Waals surface area contributed by atoms with Crippen LogP contribution in [0.15, 0.2) is 35.5 Å². The summed E-state index contributed by atoms with van der Waals surface area (Å²) in [5, 5.41) is 4.46. The molecule has 0 fully saturated rings. The summed E-state index contributed by atoms with van der Waals surface area (Å²) in [5.74, 6) is 1.68. The Labute approximate surface area is 127 Å². The van der Waals surface area contributed by atoms with Gasteiger partial charge < -0.3 is 4.43 Å². The van der Waals surface area contributed by atoms with Crippen LogP contribution in [0.1, 0.15) is 18.2 Å². The summed E-state index contributed by atoms with van der Waals surface area (Å²) in [6.45, 7) is 12.5. The maximum absolute atomic E-state index is 6.10. The smallest absolute Gasteiger partial charge is 0.242 e. The molecule has 0 saturated heterocycles. The summed E-state index contributed by atoms with van der Waals surface area (Å²) in [4.78, 5) is 4.68. The lowest BCUT2D eigenvalue weighted by atomic mass is 10.3. The first-order valence-corrected chi connectivity index (χ1v) is 10.5. The molecule has 0 aliphatic heterocycles. The molecule has 21 heavy (non-hydrogen) atoms. The van der Waals surface area contributed by atoms with Crippen molar-refractivity contribution in [3.05, 3.63) is 41.7 Å². The fraction of sp³-hybridized carbons (Fsp3) is 0.375. The third-order valence-corrected chi connectivity index (χ3v) is 3.87. The van der Waals surface area contributed by atoms with Crippen LogP contribution in [-0.4, -0.2) is 23.9 Å². The summed E-state index contributed by atoms with van der Waals surface area (Å²) < 4.78 is 7.92. The second-order valence-electron chi connectivity index (χ2n) is 6.18. The fourth-order valence-corrected chi connectivity index (χ4v) is 2.74. The third kappa shape index (κ3) is 4.04. The topological polar surface area (TPSA) is 39.4 Å². The van der Waals surface area contributed by atoms with Crippen LogP contribution in [0.25, 0.3) is 0 Å². The molecule has 2 aromatic rings. The minimum Gasteiger partial charge on any atom is -0.543 e. The van der Waals surface area contributed by atoms with Gasteiger partial charge in [-0.2, -0.15) is 5.10 Å². The zero-order chi connectivity index (χ0) is 15.6. The predicted molar refractivity (Wildman–Crippen MR) is 90.3 cm³/mol. The molecule has 0 bridgehead atoms. The first-order chi connectivity index (χ1) is 9.76. The van der Waals surface area contributed by atoms with Gasteiger partial charge in [0.25, 0.3) is 0 Å². The SMILES string of the molecule is CC(=Nc1ccccc1O[Si](C)(C)C)n1cc(C)c(C)n1. The molecule has 0 unspecified atom stereocenters. The van der Waals surface area contributed by atoms with Crippen LogP contribution < -0.4 is 4.43 Å². The van der Waals surface area contributed by atoms with Crippen LogP contribution in [0.3, 0.4) is 0 Å². The molecule has 0 spiro atoms. The van der Waals surface area contributed by atoms with Gasteiger partial charge in [0, 0.05) is 6.20 Å². The summed E-state index contributed by atoms with van der Waals surface area (Å²) in [6.07, 6.45) is 2.00. The van der Waals surface area contributed by atoms with Gasteiger partial charge >= 0.3 is 0 Å². The summed E-state index contributed by atoms with van der Waals surface area (Å²) >= 11 is 0. The lowest BCUT2D eigenvalue weighted by molar-refractivity contribution is 0.559. The Morgan fingerprint density at radius 3 is 2.43 bits per heavy atom. The maximum atomic E-state index is 6.10. The Balaban J connectivity index is 2.36. The normalized spacial score (nSPS) is 12.6. The molecule has 4 nitrogen and oxygen atoms in total. The van der Waals surface area contributed by atoms with E-state index in [-0.39, 0.29) is 0 Å². The Kier molecular flexibility index (Phi) is 4.32. The Hall–Kier alpha value is -1.88. The number of aromatic nitrogens is 2. The number of nitrogens with zero attached hydrogens (tertiary/aromatic N) is 3. The van der Waals surface area contributed by atoms with Crippen molar-refractivity contribution in [2.75, 3.05) is 0 Å². The quantitative estimate of drug-likeness (QED) is 0.481. The first-order valence-electron chi connectivity index (χ1n) is 7.13. The Morgan fingerprint density at radius 1 is 1.19 bits per heavy atom. The highest BCUT2D eigenvalue weighted by Gasteiger charge is 2.18. The van der Waals surface area contributed by atoms with Crippen molar-refractivity contribution in [2.24, 2.45) is 4.99 Å². The predicted octanol–water partition coefficient (Wildman–Crippen LogP) is 4.31. The van der Waals surface area contributed by atoms with Crippen molar-refractivity contribution in [3.8, 4) is 5.75 Å². The van der Waals surface area contributed by atoms with Gasteiger partial charge in [0.1, 0.15) is 17.3 Å². The van der Waals surface area contributed by atoms with Crippen LogP contribution in [-0.2, 0) is 0 Å². The van der Waals surface area contributed by atoms with E-state index in [4.69, 9.17) is 4.43 Å². The molecule has 0 aliphatic rings. The lowest BCUT2D eigenvalue weighted by Gasteiger charge is -2.20. The molecule has 0 aliphatic carbocycles. The number of aliphatic imine (C=N–C) groups is 1. The van der Waals surface area contributed by atoms with Crippen molar-refractivity contribution in [3.63, 3.8) is 0 Å². The average molecular weight is 301 g/mol. The molecule has 0 radical (unpaired) electrons. The van der Waals surface area contributed by atoms with Gasteiger partial charge in [0.15, 0.2) is 0 Å². The van der Waals surface area contributed by atoms with Crippen LogP contribution in [0.4, 0.5) is 5.69 Å². The highest BCUT2D eigenvalue weighted by Crippen LogP contribution is 2.29. The summed E-state index contributed by atoms with van der Waals surface area (Å²) in [5.41, 5.74) is 3.04. The number of aryl methyl sites for hydroxylation is 2. The minimum absolute atomic E-state index is 0.831. The molecular weight excluding hydrogens is 278 g/mol. The molecule has 2 rings (SSSR count). The molecule has 0 N–H and O–H groups in total. The van der Waals surface area contributed by atoms with Crippen molar-refractivity contribution in [1.29, 1.82) is 0 Å². The average Bonchev–Trinajstić information content (AvgIpc) is 2.70. The van der Waals surface area contributed by atoms with E-state index in [2.05, 4.69) is 29.7 Å². The lowest BCUT2D eigenvalue weighted by Crippen LogP contribution is -2.29. The van der Waals surface area contributed by atoms with Crippen molar-refractivity contribution in [2.45, 2.75) is 40.4 Å². The molecular formula is C16H23N3OSi. The van der Waals surface area contributed by atoms with Gasteiger partial charge in [0.05, 0.1) is 5.69 Å². The minimum atomic E-state index is -1.66. The van der Waals surface area contributed by atoms with Gasteiger partial charge in [-0.25, -0.2) is 9.67 Å². The molecule has 0 amide bonds. The number of para-hydroxylation sites is 2. The number of hydrogen-bond donors (Lipinski definition) is 0. The zero-order valence-corrected chi connectivity index (χ0v) is 14.6. The van der Waals surface area contributed by atoms with Gasteiger partial charge in [-0.15, -0.1) is 0 Å². The fourth-order valence-electron chi connectivity index (χ4n) is 1.90. The second kappa shape index (κ2) is 5.85. The van der Waals surface area contributed by atoms with Gasteiger partial charge in [-0.05, 0) is 58.1 Å². The van der Waals surface area contributed by atoms with Gasteiger partial charge in [-0.1, -0.05) is 12.1 Å². The van der Waals surface area contributed by atoms with E-state index in [9.17, 15) is 0 Å². The van der Waals surface area contributed by atoms with Gasteiger partial charge in [-0.3, -0.25) is 0 Å². The molecule has 5 heteroatoms. The maximum Gasteiger partial charge on any atom is 0.242 e. The first kappa shape index (κ1) is 15.5. The largest absolute Gasteiger partial charge is 0.543 e. The van der Waals surface area contributed by atoms with E-state index in [0.29, 0.717) is 0 Å². The Bertz CT molecular complexity index is 649. The van der Waals surface area contributed by atoms with E-state index in [1.165, 1.54) is 0 Å². The van der Waals surface area contributed by atoms with Crippen LogP contribution in [0, 0.1) is 13.8 Å². The van der Waals surface area contributed by atoms with Crippen molar-refractivity contribution < 1.29 is 4.43 Å². The number of rotatable bonds is 3. The highest BCUT2D eigenvalue weighted by atomic mass is 28.4. The van der Waals surface area contributed by atoms with Crippen molar-refractivity contribution >= 4 is 19.8 Å².